The van der Waals surface area contributed by atoms with Crippen LogP contribution in [0.25, 0.3) is 0 Å². The summed E-state index contributed by atoms with van der Waals surface area (Å²) >= 11 is 12.1. The molecular weight excluding hydrogens is 417 g/mol. The van der Waals surface area contributed by atoms with Crippen LogP contribution in [0.1, 0.15) is 21.6 Å². The Hall–Kier alpha value is -2.81. The number of nitrogens with two attached hydrogens (primary N) is 1. The zero-order valence-electron chi connectivity index (χ0n) is 15.3. The van der Waals surface area contributed by atoms with E-state index in [9.17, 15) is 4.79 Å². The molecule has 3 aromatic rings. The van der Waals surface area contributed by atoms with Crippen LogP contribution in [-0.4, -0.2) is 29.3 Å². The second-order valence-corrected chi connectivity index (χ2v) is 6.97. The highest BCUT2D eigenvalue weighted by Gasteiger charge is 2.15. The number of nitrogens with zero attached hydrogens (tertiary/aromatic N) is 2. The molecule has 10 heteroatoms. The highest BCUT2D eigenvalue weighted by molar-refractivity contribution is 6.30. The molecule has 29 heavy (non-hydrogen) atoms. The van der Waals surface area contributed by atoms with Crippen molar-refractivity contribution in [3.63, 3.8) is 0 Å². The van der Waals surface area contributed by atoms with Gasteiger partial charge in [0.15, 0.2) is 0 Å². The maximum atomic E-state index is 11.9. The summed E-state index contributed by atoms with van der Waals surface area (Å²) in [4.78, 5) is 11.9. The second-order valence-electron chi connectivity index (χ2n) is 6.10. The third-order valence-corrected chi connectivity index (χ3v) is 4.41. The van der Waals surface area contributed by atoms with Crippen molar-refractivity contribution in [3.05, 3.63) is 69.3 Å². The third kappa shape index (κ3) is 6.08. The average molecular weight is 436 g/mol. The Kier molecular flexibility index (Phi) is 7.29. The first kappa shape index (κ1) is 20.9. The van der Waals surface area contributed by atoms with Crippen LogP contribution < -0.4 is 21.1 Å². The van der Waals surface area contributed by atoms with Crippen molar-refractivity contribution >= 4 is 34.9 Å². The van der Waals surface area contributed by atoms with E-state index in [2.05, 4.69) is 25.6 Å². The van der Waals surface area contributed by atoms with Gasteiger partial charge in [0.05, 0.1) is 0 Å². The number of aromatic nitrogens is 2. The van der Waals surface area contributed by atoms with E-state index >= 15 is 0 Å². The van der Waals surface area contributed by atoms with Crippen LogP contribution >= 0.6 is 23.2 Å². The molecule has 152 valence electrons. The Morgan fingerprint density at radius 1 is 1.10 bits per heavy atom. The lowest BCUT2D eigenvalue weighted by molar-refractivity contribution is 0.0944. The Labute approximate surface area is 177 Å². The van der Waals surface area contributed by atoms with E-state index in [1.54, 1.807) is 6.07 Å². The van der Waals surface area contributed by atoms with Gasteiger partial charge >= 0.3 is 0 Å². The number of nitrogen functional groups attached to an aromatic ring is 1. The van der Waals surface area contributed by atoms with Gasteiger partial charge in [0, 0.05) is 35.2 Å². The van der Waals surface area contributed by atoms with Gasteiger partial charge in [-0.3, -0.25) is 4.79 Å². The summed E-state index contributed by atoms with van der Waals surface area (Å²) in [5.74, 6) is 0.224. The van der Waals surface area contributed by atoms with Gasteiger partial charge in [-0.15, -0.1) is 0 Å². The number of ether oxygens (including phenoxy) is 1. The minimum Gasteiger partial charge on any atom is -0.489 e. The van der Waals surface area contributed by atoms with Crippen molar-refractivity contribution in [2.45, 2.75) is 13.2 Å². The molecule has 3 rings (SSSR count). The molecule has 0 saturated heterocycles. The monoisotopic (exact) mass is 435 g/mol. The van der Waals surface area contributed by atoms with Crippen LogP contribution in [0, 0.1) is 0 Å². The number of carbonyl (C=O) groups is 1. The molecule has 0 radical (unpaired) electrons. The number of nitrogens with one attached hydrogen (secondary N) is 2. The molecule has 8 nitrogen and oxygen atoms in total. The van der Waals surface area contributed by atoms with Gasteiger partial charge in [0.1, 0.15) is 12.4 Å². The number of halogens is 2. The van der Waals surface area contributed by atoms with E-state index < -0.39 is 5.91 Å². The predicted molar refractivity (Wildman–Crippen MR) is 110 cm³/mol. The van der Waals surface area contributed by atoms with E-state index in [4.69, 9.17) is 33.7 Å². The molecule has 0 saturated carbocycles. The molecule has 4 N–H and O–H groups in total. The van der Waals surface area contributed by atoms with Crippen molar-refractivity contribution < 1.29 is 14.2 Å². The lowest BCUT2D eigenvalue weighted by Crippen LogP contribution is -2.32. The lowest BCUT2D eigenvalue weighted by atomic mass is 10.2. The number of hydrogen-bond acceptors (Lipinski definition) is 7. The quantitative estimate of drug-likeness (QED) is 0.442. The first-order chi connectivity index (χ1) is 14.0. The molecule has 1 amide bonds. The summed E-state index contributed by atoms with van der Waals surface area (Å²) in [6.45, 7) is 1.77. The molecule has 0 aliphatic heterocycles. The molecule has 0 fully saturated rings. The predicted octanol–water partition coefficient (Wildman–Crippen LogP) is 3.06. The largest absolute Gasteiger partial charge is 0.489 e. The van der Waals surface area contributed by atoms with Crippen LogP contribution in [0.5, 0.6) is 5.75 Å². The molecule has 0 unspecified atom stereocenters. The van der Waals surface area contributed by atoms with Crippen LogP contribution in [0.15, 0.2) is 47.1 Å². The Morgan fingerprint density at radius 3 is 2.69 bits per heavy atom. The normalized spacial score (nSPS) is 10.7. The Balaban J connectivity index is 1.49. The topological polar surface area (TPSA) is 115 Å². The van der Waals surface area contributed by atoms with Crippen LogP contribution in [0.3, 0.4) is 0 Å². The summed E-state index contributed by atoms with van der Waals surface area (Å²) < 4.78 is 10.3. The van der Waals surface area contributed by atoms with E-state index in [1.165, 1.54) is 0 Å². The Morgan fingerprint density at radius 2 is 1.93 bits per heavy atom. The number of rotatable bonds is 9. The minimum absolute atomic E-state index is 0.0310. The number of carbonyl (C=O) groups excluding carboxylic acids is 1. The molecule has 2 aromatic carbocycles. The zero-order chi connectivity index (χ0) is 20.6. The third-order valence-electron chi connectivity index (χ3n) is 3.94. The number of benzene rings is 2. The van der Waals surface area contributed by atoms with E-state index in [0.717, 1.165) is 11.1 Å². The fraction of sp³-hybridized carbons (Fsp3) is 0.211. The first-order valence-electron chi connectivity index (χ1n) is 8.75. The van der Waals surface area contributed by atoms with Gasteiger partial charge in [-0.25, -0.2) is 4.63 Å². The van der Waals surface area contributed by atoms with Gasteiger partial charge in [-0.1, -0.05) is 35.3 Å². The molecule has 0 aliphatic rings. The summed E-state index contributed by atoms with van der Waals surface area (Å²) in [5.41, 5.74) is 7.32. The van der Waals surface area contributed by atoms with Crippen molar-refractivity contribution in [2.24, 2.45) is 0 Å². The van der Waals surface area contributed by atoms with Crippen molar-refractivity contribution in [2.75, 3.05) is 18.8 Å². The molecular formula is C19H19Cl2N5O3. The van der Waals surface area contributed by atoms with E-state index in [-0.39, 0.29) is 11.5 Å². The maximum Gasteiger partial charge on any atom is 0.277 e. The van der Waals surface area contributed by atoms with E-state index in [0.29, 0.717) is 42.0 Å². The summed E-state index contributed by atoms with van der Waals surface area (Å²) in [7, 11) is 0. The number of hydrogen-bond donors (Lipinski definition) is 3. The van der Waals surface area contributed by atoms with Gasteiger partial charge in [-0.2, -0.15) is 0 Å². The zero-order valence-corrected chi connectivity index (χ0v) is 16.8. The van der Waals surface area contributed by atoms with Crippen molar-refractivity contribution in [1.29, 1.82) is 0 Å². The molecule has 0 bridgehead atoms. The van der Waals surface area contributed by atoms with Crippen molar-refractivity contribution in [3.8, 4) is 5.75 Å². The molecule has 0 spiro atoms. The highest BCUT2D eigenvalue weighted by Crippen LogP contribution is 2.24. The summed E-state index contributed by atoms with van der Waals surface area (Å²) in [6.07, 6.45) is 0. The Bertz CT molecular complexity index is 980. The second kappa shape index (κ2) is 10.1. The van der Waals surface area contributed by atoms with E-state index in [1.807, 2.05) is 36.4 Å². The summed E-state index contributed by atoms with van der Waals surface area (Å²) in [5, 5.41) is 14.0. The standard InChI is InChI=1S/C19H19Cl2N5O3/c20-14-3-1-2-12(8-14)11-28-16-5-4-15(21)9-13(16)10-23-6-7-24-19(27)17-18(22)26-29-25-17/h1-5,8-9,23H,6-7,10-11H2,(H2,22,26)(H,24,27). The maximum absolute atomic E-state index is 11.9. The van der Waals surface area contributed by atoms with Gasteiger partial charge in [-0.05, 0) is 46.2 Å². The van der Waals surface area contributed by atoms with Gasteiger partial charge in [0.2, 0.25) is 11.5 Å². The molecule has 0 atom stereocenters. The highest BCUT2D eigenvalue weighted by atomic mass is 35.5. The first-order valence-corrected chi connectivity index (χ1v) is 9.51. The van der Waals surface area contributed by atoms with Crippen LogP contribution in [0.2, 0.25) is 10.0 Å². The van der Waals surface area contributed by atoms with Gasteiger partial charge < -0.3 is 21.1 Å². The van der Waals surface area contributed by atoms with Gasteiger partial charge in [0.25, 0.3) is 5.91 Å². The smallest absolute Gasteiger partial charge is 0.277 e. The van der Waals surface area contributed by atoms with Crippen LogP contribution in [0.4, 0.5) is 5.82 Å². The molecule has 1 aromatic heterocycles. The fourth-order valence-electron chi connectivity index (χ4n) is 2.54. The number of anilines is 1. The van der Waals surface area contributed by atoms with Crippen LogP contribution in [-0.2, 0) is 13.2 Å². The van der Waals surface area contributed by atoms with Crippen molar-refractivity contribution in [1.82, 2.24) is 20.9 Å². The lowest BCUT2D eigenvalue weighted by Gasteiger charge is -2.13. The SMILES string of the molecule is Nc1nonc1C(=O)NCCNCc1cc(Cl)ccc1OCc1cccc(Cl)c1. The molecule has 1 heterocycles. The molecule has 0 aliphatic carbocycles. The number of amides is 1. The summed E-state index contributed by atoms with van der Waals surface area (Å²) in [6, 6.07) is 12.9. The minimum atomic E-state index is -0.446. The average Bonchev–Trinajstić information content (AvgIpc) is 3.13. The fourth-order valence-corrected chi connectivity index (χ4v) is 2.95.